The van der Waals surface area contributed by atoms with Gasteiger partial charge in [0.15, 0.2) is 6.20 Å². The number of aromatic nitrogens is 1. The van der Waals surface area contributed by atoms with E-state index in [-0.39, 0.29) is 4.47 Å². The lowest BCUT2D eigenvalue weighted by Crippen LogP contribution is -2.02. The minimum atomic E-state index is -3.12. The third-order valence-electron chi connectivity index (χ3n) is 1.55. The molecule has 5 nitrogen and oxygen atoms in total. The van der Waals surface area contributed by atoms with Crippen molar-refractivity contribution in [1.82, 2.24) is 4.98 Å². The number of hydrogen-bond acceptors (Lipinski definition) is 4. The number of rotatable bonds is 2. The zero-order valence-corrected chi connectivity index (χ0v) is 8.53. The van der Waals surface area contributed by atoms with Crippen LogP contribution >= 0.6 is 15.9 Å². The highest BCUT2D eigenvalue weighted by molar-refractivity contribution is 9.10. The standard InChI is InChI=1S/C7H2BrF2N3O2/c8-4-2-12-7(13(14)15)5(6(9)10)3(4)1-11/h2,6H. The molecule has 0 atom stereocenters. The molecule has 0 radical (unpaired) electrons. The molecule has 15 heavy (non-hydrogen) atoms. The number of halogens is 3. The van der Waals surface area contributed by atoms with Gasteiger partial charge in [0.2, 0.25) is 0 Å². The van der Waals surface area contributed by atoms with Gasteiger partial charge in [-0.15, -0.1) is 0 Å². The predicted octanol–water partition coefficient (Wildman–Crippen LogP) is 2.56. The van der Waals surface area contributed by atoms with Crippen LogP contribution in [-0.2, 0) is 0 Å². The molecule has 0 saturated heterocycles. The van der Waals surface area contributed by atoms with Crippen LogP contribution in [0.15, 0.2) is 10.7 Å². The van der Waals surface area contributed by atoms with Gasteiger partial charge in [0.1, 0.15) is 11.6 Å². The Morgan fingerprint density at radius 2 is 2.27 bits per heavy atom. The van der Waals surface area contributed by atoms with Crippen molar-refractivity contribution in [2.45, 2.75) is 6.43 Å². The Balaban J connectivity index is 3.58. The summed E-state index contributed by atoms with van der Waals surface area (Å²) < 4.78 is 25.0. The lowest BCUT2D eigenvalue weighted by Gasteiger charge is -2.03. The van der Waals surface area contributed by atoms with Crippen molar-refractivity contribution in [3.05, 3.63) is 31.9 Å². The van der Waals surface area contributed by atoms with E-state index in [4.69, 9.17) is 5.26 Å². The Morgan fingerprint density at radius 1 is 1.67 bits per heavy atom. The van der Waals surface area contributed by atoms with E-state index in [0.29, 0.717) is 0 Å². The molecule has 0 N–H and O–H groups in total. The highest BCUT2D eigenvalue weighted by Crippen LogP contribution is 2.33. The Labute approximate surface area is 90.6 Å². The minimum Gasteiger partial charge on any atom is -0.358 e. The van der Waals surface area contributed by atoms with Crippen molar-refractivity contribution in [2.75, 3.05) is 0 Å². The van der Waals surface area contributed by atoms with Crippen LogP contribution in [0.4, 0.5) is 14.6 Å². The molecule has 78 valence electrons. The van der Waals surface area contributed by atoms with Gasteiger partial charge in [-0.2, -0.15) is 5.26 Å². The zero-order valence-electron chi connectivity index (χ0n) is 6.95. The second-order valence-corrected chi connectivity index (χ2v) is 3.24. The Hall–Kier alpha value is -1.62. The average molecular weight is 278 g/mol. The van der Waals surface area contributed by atoms with E-state index >= 15 is 0 Å². The highest BCUT2D eigenvalue weighted by Gasteiger charge is 2.29. The van der Waals surface area contributed by atoms with Crippen LogP contribution in [0.1, 0.15) is 17.6 Å². The topological polar surface area (TPSA) is 79.8 Å². The highest BCUT2D eigenvalue weighted by atomic mass is 79.9. The first kappa shape index (κ1) is 11.5. The second kappa shape index (κ2) is 4.27. The molecule has 1 rings (SSSR count). The molecule has 0 fully saturated rings. The normalized spacial score (nSPS) is 10.1. The van der Waals surface area contributed by atoms with Crippen LogP contribution in [0, 0.1) is 21.4 Å². The van der Waals surface area contributed by atoms with Gasteiger partial charge in [-0.1, -0.05) is 0 Å². The quantitative estimate of drug-likeness (QED) is 0.615. The summed E-state index contributed by atoms with van der Waals surface area (Å²) in [6.07, 6.45) is -2.17. The van der Waals surface area contributed by atoms with Crippen molar-refractivity contribution in [2.24, 2.45) is 0 Å². The van der Waals surface area contributed by atoms with E-state index in [0.717, 1.165) is 6.20 Å². The summed E-state index contributed by atoms with van der Waals surface area (Å²) in [7, 11) is 0. The van der Waals surface area contributed by atoms with Gasteiger partial charge in [0, 0.05) is 0 Å². The van der Waals surface area contributed by atoms with Gasteiger partial charge in [0.05, 0.1) is 10.0 Å². The Bertz CT molecular complexity index is 458. The summed E-state index contributed by atoms with van der Waals surface area (Å²) in [5.41, 5.74) is -1.43. The molecule has 0 saturated carbocycles. The fourth-order valence-electron chi connectivity index (χ4n) is 0.958. The predicted molar refractivity (Wildman–Crippen MR) is 48.3 cm³/mol. The number of nitriles is 1. The molecule has 1 aromatic heterocycles. The molecule has 0 aliphatic heterocycles. The van der Waals surface area contributed by atoms with E-state index in [1.54, 1.807) is 0 Å². The van der Waals surface area contributed by atoms with Crippen molar-refractivity contribution in [1.29, 1.82) is 5.26 Å². The van der Waals surface area contributed by atoms with Gasteiger partial charge in [-0.05, 0) is 25.8 Å². The molecule has 0 amide bonds. The van der Waals surface area contributed by atoms with E-state index in [1.165, 1.54) is 6.07 Å². The molecule has 1 heterocycles. The molecular weight excluding hydrogens is 276 g/mol. The largest absolute Gasteiger partial charge is 0.373 e. The smallest absolute Gasteiger partial charge is 0.358 e. The van der Waals surface area contributed by atoms with E-state index in [9.17, 15) is 18.9 Å². The molecule has 8 heteroatoms. The van der Waals surface area contributed by atoms with E-state index in [1.807, 2.05) is 0 Å². The molecular formula is C7H2BrF2N3O2. The number of pyridine rings is 1. The van der Waals surface area contributed by atoms with Gasteiger partial charge in [-0.3, -0.25) is 0 Å². The first-order chi connectivity index (χ1) is 6.99. The summed E-state index contributed by atoms with van der Waals surface area (Å²) in [5.74, 6) is -0.996. The number of nitrogens with zero attached hydrogens (tertiary/aromatic N) is 3. The van der Waals surface area contributed by atoms with E-state index < -0.39 is 28.3 Å². The van der Waals surface area contributed by atoms with Crippen molar-refractivity contribution >= 4 is 21.7 Å². The summed E-state index contributed by atoms with van der Waals surface area (Å²) in [4.78, 5) is 12.6. The number of hydrogen-bond donors (Lipinski definition) is 0. The van der Waals surface area contributed by atoms with Crippen molar-refractivity contribution in [3.8, 4) is 6.07 Å². The first-order valence-corrected chi connectivity index (χ1v) is 4.29. The van der Waals surface area contributed by atoms with Gasteiger partial charge in [0.25, 0.3) is 6.43 Å². The average Bonchev–Trinajstić information content (AvgIpc) is 2.16. The maximum Gasteiger partial charge on any atom is 0.373 e. The molecule has 0 aliphatic carbocycles. The molecule has 0 aromatic carbocycles. The summed E-state index contributed by atoms with van der Waals surface area (Å²) in [6.45, 7) is 0. The van der Waals surface area contributed by atoms with Crippen molar-refractivity contribution in [3.63, 3.8) is 0 Å². The third-order valence-corrected chi connectivity index (χ3v) is 2.15. The molecule has 1 aromatic rings. The summed E-state index contributed by atoms with van der Waals surface area (Å²) >= 11 is 2.82. The molecule has 0 spiro atoms. The Morgan fingerprint density at radius 3 is 2.67 bits per heavy atom. The van der Waals surface area contributed by atoms with Crippen LogP contribution < -0.4 is 0 Å². The van der Waals surface area contributed by atoms with Crippen LogP contribution in [-0.4, -0.2) is 9.91 Å². The first-order valence-electron chi connectivity index (χ1n) is 3.50. The minimum absolute atomic E-state index is 0.00546. The van der Waals surface area contributed by atoms with Gasteiger partial charge >= 0.3 is 5.82 Å². The molecule has 0 bridgehead atoms. The molecule has 0 unspecified atom stereocenters. The third kappa shape index (κ3) is 2.07. The summed E-state index contributed by atoms with van der Waals surface area (Å²) in [5, 5.41) is 19.0. The fourth-order valence-corrected chi connectivity index (χ4v) is 1.36. The number of nitro groups is 1. The SMILES string of the molecule is N#Cc1c(Br)cnc([N+](=O)[O-])c1C(F)F. The maximum absolute atomic E-state index is 12.5. The fraction of sp³-hybridized carbons (Fsp3) is 0.143. The zero-order chi connectivity index (χ0) is 11.6. The van der Waals surface area contributed by atoms with Gasteiger partial charge < -0.3 is 10.1 Å². The Kier molecular flexibility index (Phi) is 3.26. The van der Waals surface area contributed by atoms with Crippen LogP contribution in [0.25, 0.3) is 0 Å². The van der Waals surface area contributed by atoms with Crippen molar-refractivity contribution < 1.29 is 13.7 Å². The lowest BCUT2D eigenvalue weighted by molar-refractivity contribution is -0.391. The number of alkyl halides is 2. The lowest BCUT2D eigenvalue weighted by atomic mass is 10.1. The monoisotopic (exact) mass is 277 g/mol. The van der Waals surface area contributed by atoms with Crippen LogP contribution in [0.2, 0.25) is 0 Å². The van der Waals surface area contributed by atoms with Crippen LogP contribution in [0.5, 0.6) is 0 Å². The van der Waals surface area contributed by atoms with E-state index in [2.05, 4.69) is 20.9 Å². The second-order valence-electron chi connectivity index (χ2n) is 2.39. The summed E-state index contributed by atoms with van der Waals surface area (Å²) in [6, 6.07) is 1.47. The van der Waals surface area contributed by atoms with Gasteiger partial charge in [-0.25, -0.2) is 8.78 Å². The maximum atomic E-state index is 12.5. The molecule has 0 aliphatic rings. The van der Waals surface area contributed by atoms with Crippen LogP contribution in [0.3, 0.4) is 0 Å².